The summed E-state index contributed by atoms with van der Waals surface area (Å²) in [5, 5.41) is 0. The number of halogens is 4. The number of nitrogens with two attached hydrogens (primary N) is 1. The van der Waals surface area contributed by atoms with E-state index in [0.29, 0.717) is 11.6 Å². The van der Waals surface area contributed by atoms with Crippen LogP contribution in [0.5, 0.6) is 0 Å². The van der Waals surface area contributed by atoms with Gasteiger partial charge in [-0.25, -0.2) is 4.39 Å². The molecule has 2 aromatic rings. The fourth-order valence-corrected chi connectivity index (χ4v) is 1.85. The Morgan fingerprint density at radius 1 is 1.15 bits per heavy atom. The van der Waals surface area contributed by atoms with Crippen LogP contribution in [0.1, 0.15) is 28.4 Å². The molecule has 106 valence electrons. The van der Waals surface area contributed by atoms with Gasteiger partial charge in [0.25, 0.3) is 0 Å². The molecule has 1 heterocycles. The molecule has 0 radical (unpaired) electrons. The standard InChI is InChI=1S/C14H12F4N2/c1-8-5-6-9(7-20-8)13(19)10-3-2-4-11(12(10)15)14(16,17)18/h2-7,13H,19H2,1H3. The highest BCUT2D eigenvalue weighted by molar-refractivity contribution is 5.35. The van der Waals surface area contributed by atoms with Crippen LogP contribution in [0.3, 0.4) is 0 Å². The molecule has 2 N–H and O–H groups in total. The summed E-state index contributed by atoms with van der Waals surface area (Å²) in [6.07, 6.45) is -3.31. The molecule has 0 saturated carbocycles. The van der Waals surface area contributed by atoms with Crippen molar-refractivity contribution < 1.29 is 17.6 Å². The van der Waals surface area contributed by atoms with Gasteiger partial charge < -0.3 is 5.73 Å². The molecule has 0 bridgehead atoms. The molecule has 1 unspecified atom stereocenters. The van der Waals surface area contributed by atoms with Gasteiger partial charge in [0.15, 0.2) is 0 Å². The highest BCUT2D eigenvalue weighted by Crippen LogP contribution is 2.34. The van der Waals surface area contributed by atoms with Crippen molar-refractivity contribution in [3.8, 4) is 0 Å². The first kappa shape index (κ1) is 14.5. The zero-order valence-electron chi connectivity index (χ0n) is 10.6. The van der Waals surface area contributed by atoms with Crippen LogP contribution in [0.4, 0.5) is 17.6 Å². The average Bonchev–Trinajstić information content (AvgIpc) is 2.37. The lowest BCUT2D eigenvalue weighted by Crippen LogP contribution is -2.17. The first-order chi connectivity index (χ1) is 9.30. The minimum absolute atomic E-state index is 0.203. The van der Waals surface area contributed by atoms with Crippen molar-refractivity contribution in [1.82, 2.24) is 4.98 Å². The number of hydrogen-bond acceptors (Lipinski definition) is 2. The average molecular weight is 284 g/mol. The van der Waals surface area contributed by atoms with Crippen LogP contribution in [0.25, 0.3) is 0 Å². The van der Waals surface area contributed by atoms with Crippen LogP contribution in [0, 0.1) is 12.7 Å². The van der Waals surface area contributed by atoms with E-state index in [1.54, 1.807) is 19.1 Å². The molecule has 1 atom stereocenters. The molecule has 1 aromatic carbocycles. The summed E-state index contributed by atoms with van der Waals surface area (Å²) in [5.74, 6) is -1.34. The van der Waals surface area contributed by atoms with E-state index in [1.165, 1.54) is 12.3 Å². The first-order valence-corrected chi connectivity index (χ1v) is 5.84. The summed E-state index contributed by atoms with van der Waals surface area (Å²) in [6, 6.07) is 5.37. The zero-order valence-corrected chi connectivity index (χ0v) is 10.6. The predicted octanol–water partition coefficient (Wildman–Crippen LogP) is 3.60. The third kappa shape index (κ3) is 2.80. The van der Waals surface area contributed by atoms with Gasteiger partial charge in [0.05, 0.1) is 11.6 Å². The molecule has 2 rings (SSSR count). The van der Waals surface area contributed by atoms with E-state index in [4.69, 9.17) is 5.73 Å². The first-order valence-electron chi connectivity index (χ1n) is 5.84. The van der Waals surface area contributed by atoms with Crippen LogP contribution in [0.15, 0.2) is 36.5 Å². The van der Waals surface area contributed by atoms with Crippen molar-refractivity contribution in [3.05, 3.63) is 64.7 Å². The lowest BCUT2D eigenvalue weighted by molar-refractivity contribution is -0.140. The van der Waals surface area contributed by atoms with E-state index < -0.39 is 23.6 Å². The third-order valence-corrected chi connectivity index (χ3v) is 2.96. The summed E-state index contributed by atoms with van der Waals surface area (Å²) in [6.45, 7) is 1.76. The van der Waals surface area contributed by atoms with Crippen LogP contribution >= 0.6 is 0 Å². The molecule has 0 aliphatic carbocycles. The fraction of sp³-hybridized carbons (Fsp3) is 0.214. The van der Waals surface area contributed by atoms with Gasteiger partial charge >= 0.3 is 6.18 Å². The Labute approximate surface area is 113 Å². The topological polar surface area (TPSA) is 38.9 Å². The third-order valence-electron chi connectivity index (χ3n) is 2.96. The Morgan fingerprint density at radius 2 is 1.85 bits per heavy atom. The van der Waals surface area contributed by atoms with Gasteiger partial charge in [-0.3, -0.25) is 4.98 Å². The van der Waals surface area contributed by atoms with Gasteiger partial charge in [-0.2, -0.15) is 13.2 Å². The molecule has 0 aliphatic heterocycles. The van der Waals surface area contributed by atoms with E-state index in [9.17, 15) is 17.6 Å². The Morgan fingerprint density at radius 3 is 2.40 bits per heavy atom. The van der Waals surface area contributed by atoms with E-state index in [1.807, 2.05) is 0 Å². The summed E-state index contributed by atoms with van der Waals surface area (Å²) in [4.78, 5) is 4.00. The minimum atomic E-state index is -4.74. The van der Waals surface area contributed by atoms with E-state index in [2.05, 4.69) is 4.98 Å². The monoisotopic (exact) mass is 284 g/mol. The van der Waals surface area contributed by atoms with Gasteiger partial charge in [-0.05, 0) is 24.6 Å². The highest BCUT2D eigenvalue weighted by atomic mass is 19.4. The predicted molar refractivity (Wildman–Crippen MR) is 66.4 cm³/mol. The van der Waals surface area contributed by atoms with Crippen molar-refractivity contribution >= 4 is 0 Å². The summed E-state index contributed by atoms with van der Waals surface area (Å²) in [5.41, 5.74) is 5.51. The molecular weight excluding hydrogens is 272 g/mol. The highest BCUT2D eigenvalue weighted by Gasteiger charge is 2.35. The maximum Gasteiger partial charge on any atom is 0.419 e. The van der Waals surface area contributed by atoms with E-state index >= 15 is 0 Å². The van der Waals surface area contributed by atoms with Crippen molar-refractivity contribution in [1.29, 1.82) is 0 Å². The maximum atomic E-state index is 14.0. The number of nitrogens with zero attached hydrogens (tertiary/aromatic N) is 1. The molecular formula is C14H12F4N2. The van der Waals surface area contributed by atoms with Crippen molar-refractivity contribution in [2.75, 3.05) is 0 Å². The molecule has 0 saturated heterocycles. The number of benzene rings is 1. The number of aryl methyl sites for hydroxylation is 1. The smallest absolute Gasteiger partial charge is 0.320 e. The fourth-order valence-electron chi connectivity index (χ4n) is 1.85. The minimum Gasteiger partial charge on any atom is -0.320 e. The van der Waals surface area contributed by atoms with Gasteiger partial charge in [0.1, 0.15) is 5.82 Å². The lowest BCUT2D eigenvalue weighted by Gasteiger charge is -2.16. The second kappa shape index (κ2) is 5.20. The number of aromatic nitrogens is 1. The number of hydrogen-bond donors (Lipinski definition) is 1. The molecule has 0 spiro atoms. The number of alkyl halides is 3. The summed E-state index contributed by atoms with van der Waals surface area (Å²) < 4.78 is 51.9. The molecule has 20 heavy (non-hydrogen) atoms. The van der Waals surface area contributed by atoms with Gasteiger partial charge in [-0.15, -0.1) is 0 Å². The molecule has 2 nitrogen and oxygen atoms in total. The zero-order chi connectivity index (χ0) is 14.9. The van der Waals surface area contributed by atoms with E-state index in [0.717, 1.165) is 11.8 Å². The second-order valence-electron chi connectivity index (χ2n) is 4.42. The Hall–Kier alpha value is -1.95. The quantitative estimate of drug-likeness (QED) is 0.856. The number of pyridine rings is 1. The molecule has 0 fully saturated rings. The van der Waals surface area contributed by atoms with Crippen LogP contribution in [-0.4, -0.2) is 4.98 Å². The normalized spacial score (nSPS) is 13.3. The second-order valence-corrected chi connectivity index (χ2v) is 4.42. The van der Waals surface area contributed by atoms with Gasteiger partial charge in [-0.1, -0.05) is 18.2 Å². The van der Waals surface area contributed by atoms with Crippen LogP contribution in [0.2, 0.25) is 0 Å². The number of rotatable bonds is 2. The van der Waals surface area contributed by atoms with Crippen LogP contribution < -0.4 is 5.73 Å². The van der Waals surface area contributed by atoms with Crippen molar-refractivity contribution in [3.63, 3.8) is 0 Å². The van der Waals surface area contributed by atoms with Gasteiger partial charge in [0.2, 0.25) is 0 Å². The molecule has 1 aromatic heterocycles. The Bertz CT molecular complexity index is 606. The Kier molecular flexibility index (Phi) is 3.76. The van der Waals surface area contributed by atoms with Crippen LogP contribution in [-0.2, 0) is 6.18 Å². The van der Waals surface area contributed by atoms with Crippen molar-refractivity contribution in [2.24, 2.45) is 5.73 Å². The Balaban J connectivity index is 2.45. The van der Waals surface area contributed by atoms with Gasteiger partial charge in [0, 0.05) is 17.5 Å². The van der Waals surface area contributed by atoms with E-state index in [-0.39, 0.29) is 5.56 Å². The molecule has 6 heteroatoms. The molecule has 0 aliphatic rings. The largest absolute Gasteiger partial charge is 0.419 e. The maximum absolute atomic E-state index is 14.0. The summed E-state index contributed by atoms with van der Waals surface area (Å²) in [7, 11) is 0. The lowest BCUT2D eigenvalue weighted by atomic mass is 9.98. The SMILES string of the molecule is Cc1ccc(C(N)c2cccc(C(F)(F)F)c2F)cn1. The molecule has 0 amide bonds. The van der Waals surface area contributed by atoms with Crippen molar-refractivity contribution in [2.45, 2.75) is 19.1 Å². The summed E-state index contributed by atoms with van der Waals surface area (Å²) >= 11 is 0.